The van der Waals surface area contributed by atoms with Crippen LogP contribution in [0.4, 0.5) is 4.79 Å². The Morgan fingerprint density at radius 2 is 1.40 bits per heavy atom. The first-order valence-electron chi connectivity index (χ1n) is 13.7. The van der Waals surface area contributed by atoms with Crippen LogP contribution in [0.5, 0.6) is 11.5 Å². The maximum atomic E-state index is 14.4. The van der Waals surface area contributed by atoms with Crippen molar-refractivity contribution < 1.29 is 29.3 Å². The zero-order chi connectivity index (χ0) is 30.3. The minimum atomic E-state index is -1.08. The normalized spacial score (nSPS) is 14.0. The van der Waals surface area contributed by atoms with Crippen LogP contribution < -0.4 is 10.6 Å². The van der Waals surface area contributed by atoms with Crippen molar-refractivity contribution in [3.63, 3.8) is 0 Å². The van der Waals surface area contributed by atoms with Gasteiger partial charge in [-0.3, -0.25) is 9.59 Å². The van der Waals surface area contributed by atoms with E-state index in [0.29, 0.717) is 11.1 Å². The van der Waals surface area contributed by atoms with Gasteiger partial charge in [0.15, 0.2) is 0 Å². The van der Waals surface area contributed by atoms with Crippen LogP contribution in [-0.4, -0.2) is 56.2 Å². The number of nitrogens with zero attached hydrogens (tertiary/aromatic N) is 1. The van der Waals surface area contributed by atoms with Crippen LogP contribution in [0.25, 0.3) is 0 Å². The van der Waals surface area contributed by atoms with E-state index in [1.807, 2.05) is 34.6 Å². The highest BCUT2D eigenvalue weighted by Gasteiger charge is 2.42. The minimum Gasteiger partial charge on any atom is -0.508 e. The van der Waals surface area contributed by atoms with Gasteiger partial charge < -0.3 is 30.5 Å². The van der Waals surface area contributed by atoms with Crippen LogP contribution in [0, 0.1) is 0 Å². The van der Waals surface area contributed by atoms with E-state index in [-0.39, 0.29) is 29.9 Å². The molecule has 0 aliphatic heterocycles. The Balaban J connectivity index is 2.60. The average molecular weight is 556 g/mol. The molecular weight excluding hydrogens is 510 g/mol. The third-order valence-electron chi connectivity index (χ3n) is 6.15. The molecule has 40 heavy (non-hydrogen) atoms. The Morgan fingerprint density at radius 1 is 0.875 bits per heavy atom. The van der Waals surface area contributed by atoms with Gasteiger partial charge in [0.25, 0.3) is 0 Å². The summed E-state index contributed by atoms with van der Waals surface area (Å²) in [5, 5.41) is 25.4. The molecule has 9 nitrogen and oxygen atoms in total. The van der Waals surface area contributed by atoms with Crippen LogP contribution in [-0.2, 0) is 20.7 Å². The number of aromatic hydroxyl groups is 2. The zero-order valence-corrected chi connectivity index (χ0v) is 24.9. The van der Waals surface area contributed by atoms with Crippen LogP contribution >= 0.6 is 0 Å². The van der Waals surface area contributed by atoms with E-state index in [4.69, 9.17) is 4.74 Å². The van der Waals surface area contributed by atoms with Crippen LogP contribution in [0.2, 0.25) is 0 Å². The average Bonchev–Trinajstić information content (AvgIpc) is 2.82. The van der Waals surface area contributed by atoms with Crippen LogP contribution in [0.1, 0.15) is 85.4 Å². The molecule has 0 aliphatic carbocycles. The van der Waals surface area contributed by atoms with Crippen molar-refractivity contribution in [1.82, 2.24) is 15.5 Å². The summed E-state index contributed by atoms with van der Waals surface area (Å²) < 4.78 is 5.46. The number of phenols is 2. The number of phenolic OH excluding ortho intramolecular Hbond substituents is 2. The molecule has 3 amide bonds. The van der Waals surface area contributed by atoms with Gasteiger partial charge in [0.05, 0.1) is 0 Å². The number of rotatable bonds is 10. The maximum absolute atomic E-state index is 14.4. The van der Waals surface area contributed by atoms with Crippen molar-refractivity contribution in [2.75, 3.05) is 0 Å². The van der Waals surface area contributed by atoms with Crippen molar-refractivity contribution in [2.24, 2.45) is 0 Å². The molecule has 2 aromatic rings. The number of benzene rings is 2. The number of ether oxygens (including phenoxy) is 1. The van der Waals surface area contributed by atoms with Crippen molar-refractivity contribution in [3.8, 4) is 11.5 Å². The van der Waals surface area contributed by atoms with E-state index in [1.165, 1.54) is 29.2 Å². The number of hydrogen-bond acceptors (Lipinski definition) is 6. The Morgan fingerprint density at radius 3 is 1.88 bits per heavy atom. The summed E-state index contributed by atoms with van der Waals surface area (Å²) in [6.45, 7) is 14.6. The highest BCUT2D eigenvalue weighted by molar-refractivity contribution is 5.93. The van der Waals surface area contributed by atoms with Gasteiger partial charge in [0.2, 0.25) is 11.8 Å². The topological polar surface area (TPSA) is 128 Å². The first kappa shape index (κ1) is 32.5. The zero-order valence-electron chi connectivity index (χ0n) is 24.9. The first-order valence-corrected chi connectivity index (χ1v) is 13.7. The molecule has 0 saturated heterocycles. The molecule has 2 rings (SSSR count). The Labute approximate surface area is 237 Å². The number of nitrogens with one attached hydrogen (secondary N) is 2. The van der Waals surface area contributed by atoms with Gasteiger partial charge in [0.1, 0.15) is 29.2 Å². The molecule has 3 unspecified atom stereocenters. The fourth-order valence-electron chi connectivity index (χ4n) is 4.43. The molecule has 4 N–H and O–H groups in total. The van der Waals surface area contributed by atoms with Crippen molar-refractivity contribution >= 4 is 17.9 Å². The highest BCUT2D eigenvalue weighted by Crippen LogP contribution is 2.31. The van der Waals surface area contributed by atoms with E-state index in [1.54, 1.807) is 45.0 Å². The second-order valence-electron chi connectivity index (χ2n) is 12.1. The summed E-state index contributed by atoms with van der Waals surface area (Å²) in [7, 11) is 0. The van der Waals surface area contributed by atoms with Crippen molar-refractivity contribution in [3.05, 3.63) is 59.7 Å². The molecule has 2 aromatic carbocycles. The summed E-state index contributed by atoms with van der Waals surface area (Å²) in [6, 6.07) is 10.3. The predicted molar refractivity (Wildman–Crippen MR) is 155 cm³/mol. The number of carbonyl (C=O) groups is 3. The molecule has 0 aliphatic rings. The first-order chi connectivity index (χ1) is 18.5. The fraction of sp³-hybridized carbons (Fsp3) is 0.516. The van der Waals surface area contributed by atoms with Gasteiger partial charge in [-0.15, -0.1) is 0 Å². The summed E-state index contributed by atoms with van der Waals surface area (Å²) >= 11 is 0. The van der Waals surface area contributed by atoms with E-state index < -0.39 is 35.2 Å². The SMILES string of the molecule is CCCC(C)NC(=O)C(c1ccc(O)cc1)N(C(=O)C(Cc1ccc(O)cc1)NC(=O)OC(C)(C)C)C(C)(C)C. The van der Waals surface area contributed by atoms with Gasteiger partial charge in [-0.25, -0.2) is 4.79 Å². The van der Waals surface area contributed by atoms with Crippen molar-refractivity contribution in [2.45, 2.75) is 104 Å². The Kier molecular flexibility index (Phi) is 11.0. The number of carbonyl (C=O) groups excluding carboxylic acids is 3. The van der Waals surface area contributed by atoms with E-state index in [9.17, 15) is 24.6 Å². The third-order valence-corrected chi connectivity index (χ3v) is 6.15. The van der Waals surface area contributed by atoms with E-state index in [0.717, 1.165) is 12.8 Å². The summed E-state index contributed by atoms with van der Waals surface area (Å²) in [4.78, 5) is 42.6. The number of alkyl carbamates (subject to hydrolysis) is 1. The Hall–Kier alpha value is -3.75. The molecule has 0 bridgehead atoms. The lowest BCUT2D eigenvalue weighted by Crippen LogP contribution is -2.59. The van der Waals surface area contributed by atoms with Gasteiger partial charge >= 0.3 is 6.09 Å². The second kappa shape index (κ2) is 13.5. The number of hydrogen-bond donors (Lipinski definition) is 4. The van der Waals surface area contributed by atoms with Gasteiger partial charge in [-0.2, -0.15) is 0 Å². The molecular formula is C31H45N3O6. The summed E-state index contributed by atoms with van der Waals surface area (Å²) in [5.41, 5.74) is -0.427. The molecule has 0 aromatic heterocycles. The highest BCUT2D eigenvalue weighted by atomic mass is 16.6. The minimum absolute atomic E-state index is 0.0349. The third kappa shape index (κ3) is 9.77. The quantitative estimate of drug-likeness (QED) is 0.319. The Bertz CT molecular complexity index is 1130. The fourth-order valence-corrected chi connectivity index (χ4v) is 4.43. The van der Waals surface area contributed by atoms with Gasteiger partial charge in [-0.05, 0) is 90.3 Å². The molecule has 220 valence electrons. The van der Waals surface area contributed by atoms with Crippen LogP contribution in [0.3, 0.4) is 0 Å². The second-order valence-corrected chi connectivity index (χ2v) is 12.1. The molecule has 0 heterocycles. The van der Waals surface area contributed by atoms with Crippen LogP contribution in [0.15, 0.2) is 48.5 Å². The maximum Gasteiger partial charge on any atom is 0.408 e. The van der Waals surface area contributed by atoms with E-state index in [2.05, 4.69) is 10.6 Å². The monoisotopic (exact) mass is 555 g/mol. The smallest absolute Gasteiger partial charge is 0.408 e. The molecule has 0 spiro atoms. The largest absolute Gasteiger partial charge is 0.508 e. The standard InChI is InChI=1S/C31H45N3O6/c1-9-10-20(2)32-27(37)26(22-13-17-24(36)18-14-22)34(30(3,4)5)28(38)25(33-29(39)40-31(6,7)8)19-21-11-15-23(35)16-12-21/h11-18,20,25-26,35-36H,9-10,19H2,1-8H3,(H,32,37)(H,33,39). The molecule has 9 heteroatoms. The molecule has 0 fully saturated rings. The predicted octanol–water partition coefficient (Wildman–Crippen LogP) is 5.21. The van der Waals surface area contributed by atoms with E-state index >= 15 is 0 Å². The lowest BCUT2D eigenvalue weighted by atomic mass is 9.93. The molecule has 3 atom stereocenters. The van der Waals surface area contributed by atoms with Crippen molar-refractivity contribution in [1.29, 1.82) is 0 Å². The molecule has 0 radical (unpaired) electrons. The lowest BCUT2D eigenvalue weighted by Gasteiger charge is -2.43. The number of amides is 3. The lowest BCUT2D eigenvalue weighted by molar-refractivity contribution is -0.148. The molecule has 0 saturated carbocycles. The summed E-state index contributed by atoms with van der Waals surface area (Å²) in [6.07, 6.45) is 0.977. The summed E-state index contributed by atoms with van der Waals surface area (Å²) in [5.74, 6) is -0.737. The van der Waals surface area contributed by atoms with Gasteiger partial charge in [0, 0.05) is 18.0 Å². The van der Waals surface area contributed by atoms with Gasteiger partial charge in [-0.1, -0.05) is 37.6 Å².